The lowest BCUT2D eigenvalue weighted by molar-refractivity contribution is -0.115. The number of anilines is 2. The van der Waals surface area contributed by atoms with E-state index in [0.29, 0.717) is 30.6 Å². The third-order valence-corrected chi connectivity index (χ3v) is 7.79. The summed E-state index contributed by atoms with van der Waals surface area (Å²) in [4.78, 5) is 33.6. The Labute approximate surface area is 243 Å². The SMILES string of the molecule is Cc1ccccc1C(=O)N1CCc2cc(-c3nc(NC(=O)Cc4cccc(OCCOCCO)c4)sc3C)ccc21. The van der Waals surface area contributed by atoms with Crippen molar-refractivity contribution in [3.8, 4) is 17.0 Å². The smallest absolute Gasteiger partial charge is 0.258 e. The Bertz CT molecular complexity index is 1550. The number of nitrogens with one attached hydrogen (secondary N) is 1. The molecule has 4 aromatic rings. The van der Waals surface area contributed by atoms with Gasteiger partial charge in [0.2, 0.25) is 5.91 Å². The molecule has 2 N–H and O–H groups in total. The van der Waals surface area contributed by atoms with E-state index in [0.717, 1.165) is 50.5 Å². The molecular weight excluding hydrogens is 538 g/mol. The molecule has 1 aromatic heterocycles. The molecule has 41 heavy (non-hydrogen) atoms. The number of thiazole rings is 1. The summed E-state index contributed by atoms with van der Waals surface area (Å²) in [5, 5.41) is 12.2. The molecule has 8 nitrogen and oxygen atoms in total. The van der Waals surface area contributed by atoms with E-state index in [1.54, 1.807) is 0 Å². The first-order valence-corrected chi connectivity index (χ1v) is 14.4. The molecule has 3 aromatic carbocycles. The van der Waals surface area contributed by atoms with E-state index in [2.05, 4.69) is 11.4 Å². The summed E-state index contributed by atoms with van der Waals surface area (Å²) in [6.07, 6.45) is 0.974. The highest BCUT2D eigenvalue weighted by Gasteiger charge is 2.27. The van der Waals surface area contributed by atoms with Gasteiger partial charge in [0.25, 0.3) is 5.91 Å². The number of carbonyl (C=O) groups excluding carboxylic acids is 2. The van der Waals surface area contributed by atoms with Crippen molar-refractivity contribution in [3.05, 3.63) is 93.9 Å². The second-order valence-electron chi connectivity index (χ2n) is 9.85. The number of hydrogen-bond acceptors (Lipinski definition) is 7. The van der Waals surface area contributed by atoms with Crippen molar-refractivity contribution in [3.63, 3.8) is 0 Å². The minimum Gasteiger partial charge on any atom is -0.491 e. The Morgan fingerprint density at radius 3 is 2.71 bits per heavy atom. The Morgan fingerprint density at radius 1 is 1.02 bits per heavy atom. The number of aliphatic hydroxyl groups is 1. The number of aryl methyl sites for hydroxylation is 2. The molecule has 212 valence electrons. The minimum absolute atomic E-state index is 0.0200. The van der Waals surface area contributed by atoms with Gasteiger partial charge < -0.3 is 24.8 Å². The Hall–Kier alpha value is -4.05. The summed E-state index contributed by atoms with van der Waals surface area (Å²) >= 11 is 1.44. The largest absolute Gasteiger partial charge is 0.491 e. The lowest BCUT2D eigenvalue weighted by Crippen LogP contribution is -2.29. The minimum atomic E-state index is -0.159. The van der Waals surface area contributed by atoms with Gasteiger partial charge in [-0.3, -0.25) is 9.59 Å². The van der Waals surface area contributed by atoms with Crippen LogP contribution in [-0.4, -0.2) is 54.9 Å². The molecule has 0 atom stereocenters. The van der Waals surface area contributed by atoms with Gasteiger partial charge in [0.1, 0.15) is 12.4 Å². The van der Waals surface area contributed by atoms with E-state index in [-0.39, 0.29) is 31.4 Å². The van der Waals surface area contributed by atoms with Crippen molar-refractivity contribution in [2.75, 3.05) is 43.2 Å². The molecule has 0 unspecified atom stereocenters. The van der Waals surface area contributed by atoms with Crippen molar-refractivity contribution in [1.82, 2.24) is 4.98 Å². The zero-order valence-corrected chi connectivity index (χ0v) is 24.0. The number of hydrogen-bond donors (Lipinski definition) is 2. The molecule has 2 heterocycles. The summed E-state index contributed by atoms with van der Waals surface area (Å²) in [7, 11) is 0. The van der Waals surface area contributed by atoms with Gasteiger partial charge in [0.05, 0.1) is 31.9 Å². The average molecular weight is 572 g/mol. The number of aromatic nitrogens is 1. The number of nitrogens with zero attached hydrogens (tertiary/aromatic N) is 2. The summed E-state index contributed by atoms with van der Waals surface area (Å²) in [6.45, 7) is 5.60. The molecule has 5 rings (SSSR count). The van der Waals surface area contributed by atoms with E-state index in [4.69, 9.17) is 19.6 Å². The van der Waals surface area contributed by atoms with Crippen LogP contribution in [-0.2, 0) is 22.4 Å². The van der Waals surface area contributed by atoms with E-state index < -0.39 is 0 Å². The van der Waals surface area contributed by atoms with E-state index >= 15 is 0 Å². The molecule has 1 aliphatic rings. The fraction of sp³-hybridized carbons (Fsp3) is 0.281. The molecule has 0 aliphatic carbocycles. The Balaban J connectivity index is 1.22. The van der Waals surface area contributed by atoms with Crippen LogP contribution >= 0.6 is 11.3 Å². The van der Waals surface area contributed by atoms with Crippen LogP contribution in [0.1, 0.15) is 31.9 Å². The van der Waals surface area contributed by atoms with Gasteiger partial charge in [-0.15, -0.1) is 11.3 Å². The zero-order chi connectivity index (χ0) is 28.8. The van der Waals surface area contributed by atoms with Crippen molar-refractivity contribution >= 4 is 34.0 Å². The third-order valence-electron chi connectivity index (χ3n) is 6.91. The van der Waals surface area contributed by atoms with Crippen molar-refractivity contribution in [2.45, 2.75) is 26.7 Å². The topological polar surface area (TPSA) is 101 Å². The monoisotopic (exact) mass is 571 g/mol. The van der Waals surface area contributed by atoms with Crippen molar-refractivity contribution in [2.24, 2.45) is 0 Å². The quantitative estimate of drug-likeness (QED) is 0.240. The molecule has 0 saturated heterocycles. The van der Waals surface area contributed by atoms with Crippen LogP contribution in [0.25, 0.3) is 11.3 Å². The molecular formula is C32H33N3O5S. The summed E-state index contributed by atoms with van der Waals surface area (Å²) in [5.74, 6) is 0.521. The first-order chi connectivity index (χ1) is 19.9. The molecule has 1 aliphatic heterocycles. The van der Waals surface area contributed by atoms with Crippen LogP contribution in [0.3, 0.4) is 0 Å². The van der Waals surface area contributed by atoms with Crippen LogP contribution in [0.15, 0.2) is 66.7 Å². The number of fused-ring (bicyclic) bond motifs is 1. The first kappa shape index (κ1) is 28.5. The molecule has 0 spiro atoms. The van der Waals surface area contributed by atoms with Crippen LogP contribution in [0.2, 0.25) is 0 Å². The Morgan fingerprint density at radius 2 is 1.88 bits per heavy atom. The van der Waals surface area contributed by atoms with Crippen molar-refractivity contribution < 1.29 is 24.2 Å². The van der Waals surface area contributed by atoms with Gasteiger partial charge in [-0.2, -0.15) is 0 Å². The lowest BCUT2D eigenvalue weighted by Gasteiger charge is -2.18. The Kier molecular flexibility index (Phi) is 9.08. The molecule has 2 amide bonds. The van der Waals surface area contributed by atoms with E-state index in [1.165, 1.54) is 11.3 Å². The summed E-state index contributed by atoms with van der Waals surface area (Å²) < 4.78 is 10.9. The lowest BCUT2D eigenvalue weighted by atomic mass is 10.0. The normalized spacial score (nSPS) is 12.3. The summed E-state index contributed by atoms with van der Waals surface area (Å²) in [5.41, 5.74) is 6.37. The van der Waals surface area contributed by atoms with Crippen LogP contribution < -0.4 is 15.0 Å². The van der Waals surface area contributed by atoms with Gasteiger partial charge in [-0.1, -0.05) is 36.4 Å². The maximum Gasteiger partial charge on any atom is 0.258 e. The number of benzene rings is 3. The molecule has 0 fully saturated rings. The van der Waals surface area contributed by atoms with Gasteiger partial charge in [-0.05, 0) is 67.3 Å². The van der Waals surface area contributed by atoms with Gasteiger partial charge in [-0.25, -0.2) is 4.98 Å². The predicted octanol–water partition coefficient (Wildman–Crippen LogP) is 5.20. The van der Waals surface area contributed by atoms with Crippen molar-refractivity contribution in [1.29, 1.82) is 0 Å². The molecule has 0 saturated carbocycles. The van der Waals surface area contributed by atoms with E-state index in [1.807, 2.05) is 79.4 Å². The zero-order valence-electron chi connectivity index (χ0n) is 23.2. The number of amides is 2. The number of carbonyl (C=O) groups is 2. The fourth-order valence-corrected chi connectivity index (χ4v) is 5.77. The van der Waals surface area contributed by atoms with Crippen LogP contribution in [0.4, 0.5) is 10.8 Å². The highest BCUT2D eigenvalue weighted by molar-refractivity contribution is 7.16. The fourth-order valence-electron chi connectivity index (χ4n) is 4.92. The molecule has 0 bridgehead atoms. The second-order valence-corrected chi connectivity index (χ2v) is 11.0. The molecule has 0 radical (unpaired) electrons. The first-order valence-electron chi connectivity index (χ1n) is 13.6. The number of ether oxygens (including phenoxy) is 2. The van der Waals surface area contributed by atoms with Gasteiger partial charge in [0, 0.05) is 28.2 Å². The van der Waals surface area contributed by atoms with Crippen LogP contribution in [0, 0.1) is 13.8 Å². The van der Waals surface area contributed by atoms with Crippen LogP contribution in [0.5, 0.6) is 5.75 Å². The maximum absolute atomic E-state index is 13.2. The number of rotatable bonds is 11. The average Bonchev–Trinajstić information content (AvgIpc) is 3.55. The standard InChI is InChI=1S/C32H33N3O5S/c1-21-6-3-4-9-27(21)31(38)35-13-12-24-20-25(10-11-28(24)35)30-22(2)41-32(34-30)33-29(37)19-23-7-5-8-26(18-23)40-17-16-39-15-14-36/h3-11,18,20,36H,12-17,19H2,1-2H3,(H,33,34,37). The second kappa shape index (κ2) is 13.1. The highest BCUT2D eigenvalue weighted by Crippen LogP contribution is 2.36. The summed E-state index contributed by atoms with van der Waals surface area (Å²) in [6, 6.07) is 21.2. The van der Waals surface area contributed by atoms with Gasteiger partial charge >= 0.3 is 0 Å². The highest BCUT2D eigenvalue weighted by atomic mass is 32.1. The third kappa shape index (κ3) is 6.82. The number of aliphatic hydroxyl groups excluding tert-OH is 1. The maximum atomic E-state index is 13.2. The predicted molar refractivity (Wildman–Crippen MR) is 161 cm³/mol. The van der Waals surface area contributed by atoms with E-state index in [9.17, 15) is 9.59 Å². The molecule has 9 heteroatoms. The van der Waals surface area contributed by atoms with Gasteiger partial charge in [0.15, 0.2) is 5.13 Å².